The lowest BCUT2D eigenvalue weighted by Crippen LogP contribution is -2.43. The molecule has 0 spiro atoms. The van der Waals surface area contributed by atoms with Crippen molar-refractivity contribution >= 4 is 38.6 Å². The van der Waals surface area contributed by atoms with Crippen LogP contribution in [0.15, 0.2) is 30.5 Å². The van der Waals surface area contributed by atoms with Gasteiger partial charge in [0.15, 0.2) is 0 Å². The normalized spacial score (nSPS) is 18.0. The van der Waals surface area contributed by atoms with Crippen molar-refractivity contribution in [3.8, 4) is 0 Å². The monoisotopic (exact) mass is 474 g/mol. The molecule has 0 bridgehead atoms. The molecule has 0 saturated carbocycles. The Hall–Kier alpha value is -2.89. The van der Waals surface area contributed by atoms with Crippen LogP contribution in [0.25, 0.3) is 10.9 Å². The van der Waals surface area contributed by atoms with Gasteiger partial charge in [-0.15, -0.1) is 3.89 Å². The Kier molecular flexibility index (Phi) is 6.63. The summed E-state index contributed by atoms with van der Waals surface area (Å²) in [7, 11) is -1.17. The molecule has 12 heteroatoms. The maximum Gasteiger partial charge on any atom is 0.302 e. The third-order valence-electron chi connectivity index (χ3n) is 5.28. The van der Waals surface area contributed by atoms with Crippen LogP contribution < -0.4 is 10.2 Å². The molecule has 1 unspecified atom stereocenters. The van der Waals surface area contributed by atoms with Crippen LogP contribution in [0.3, 0.4) is 0 Å². The molecule has 2 amide bonds. The fourth-order valence-corrected chi connectivity index (χ4v) is 4.24. The molecule has 8 nitrogen and oxygen atoms in total. The van der Waals surface area contributed by atoms with Gasteiger partial charge < -0.3 is 15.1 Å². The van der Waals surface area contributed by atoms with Gasteiger partial charge in [0.25, 0.3) is 11.8 Å². The molecule has 1 aromatic carbocycles. The second kappa shape index (κ2) is 8.93. The van der Waals surface area contributed by atoms with Crippen molar-refractivity contribution in [2.24, 2.45) is 0 Å². The molecule has 1 fully saturated rings. The number of alkyl halides is 2. The molecule has 176 valence electrons. The Morgan fingerprint density at radius 2 is 2.03 bits per heavy atom. The van der Waals surface area contributed by atoms with E-state index in [0.717, 1.165) is 10.6 Å². The molecule has 0 aliphatic carbocycles. The molecule has 1 aliphatic heterocycles. The molecule has 1 saturated heterocycles. The van der Waals surface area contributed by atoms with Crippen LogP contribution >= 0.6 is 0 Å². The van der Waals surface area contributed by atoms with Gasteiger partial charge in [0.1, 0.15) is 0 Å². The zero-order valence-corrected chi connectivity index (χ0v) is 18.3. The van der Waals surface area contributed by atoms with Gasteiger partial charge in [-0.25, -0.2) is 8.78 Å². The summed E-state index contributed by atoms with van der Waals surface area (Å²) in [4.78, 5) is 32.1. The van der Waals surface area contributed by atoms with Gasteiger partial charge in [0.05, 0.1) is 29.9 Å². The maximum atomic E-state index is 13.8. The predicted molar refractivity (Wildman–Crippen MR) is 115 cm³/mol. The molecule has 2 aromatic rings. The van der Waals surface area contributed by atoms with E-state index in [9.17, 15) is 30.7 Å². The van der Waals surface area contributed by atoms with E-state index in [1.807, 2.05) is 25.1 Å². The third kappa shape index (κ3) is 5.67. The van der Waals surface area contributed by atoms with Crippen LogP contribution in [0.2, 0.25) is 0 Å². The van der Waals surface area contributed by atoms with E-state index in [4.69, 9.17) is 0 Å². The molecule has 3 rings (SSSR count). The zero-order valence-electron chi connectivity index (χ0n) is 17.5. The second-order valence-corrected chi connectivity index (χ2v) is 9.39. The summed E-state index contributed by atoms with van der Waals surface area (Å²) in [6, 6.07) is 5.71. The van der Waals surface area contributed by atoms with Crippen molar-refractivity contribution in [3.05, 3.63) is 36.0 Å². The number of anilines is 1. The quantitative estimate of drug-likeness (QED) is 0.618. The van der Waals surface area contributed by atoms with Gasteiger partial charge in [-0.2, -0.15) is 8.42 Å². The predicted octanol–water partition coefficient (Wildman–Crippen LogP) is 2.20. The molecular formula is C20H25F3N4O4S. The number of amides is 2. The molecule has 2 heterocycles. The number of aromatic nitrogens is 1. The number of hydrogen-bond donors (Lipinski definition) is 1. The highest BCUT2D eigenvalue weighted by atomic mass is 32.3. The maximum absolute atomic E-state index is 13.8. The SMILES string of the molecule is CN(C)c1ccc2nccc(C(=O)NCC(=O)N3CC(F)(F)CC3CCS(=O)(=O)F)c2c1.[HH]. The number of halogens is 3. The van der Waals surface area contributed by atoms with Crippen molar-refractivity contribution in [2.45, 2.75) is 24.8 Å². The fraction of sp³-hybridized carbons (Fsp3) is 0.450. The van der Waals surface area contributed by atoms with Gasteiger partial charge in [-0.1, -0.05) is 0 Å². The number of nitrogens with one attached hydrogen (secondary N) is 1. The lowest BCUT2D eigenvalue weighted by atomic mass is 10.1. The second-order valence-electron chi connectivity index (χ2n) is 7.90. The highest BCUT2D eigenvalue weighted by Gasteiger charge is 2.46. The molecule has 32 heavy (non-hydrogen) atoms. The molecule has 0 radical (unpaired) electrons. The first-order valence-corrected chi connectivity index (χ1v) is 11.4. The average Bonchev–Trinajstić information content (AvgIpc) is 3.03. The Morgan fingerprint density at radius 1 is 1.31 bits per heavy atom. The first-order chi connectivity index (χ1) is 14.9. The minimum atomic E-state index is -4.85. The van der Waals surface area contributed by atoms with Crippen LogP contribution in [0.4, 0.5) is 18.4 Å². The summed E-state index contributed by atoms with van der Waals surface area (Å²) in [5.41, 5.74) is 1.67. The minimum Gasteiger partial charge on any atom is -0.378 e. The first kappa shape index (κ1) is 23.8. The summed E-state index contributed by atoms with van der Waals surface area (Å²) in [5.74, 6) is -5.56. The number of hydrogen-bond acceptors (Lipinski definition) is 6. The first-order valence-electron chi connectivity index (χ1n) is 9.80. The van der Waals surface area contributed by atoms with E-state index in [0.29, 0.717) is 10.9 Å². The Morgan fingerprint density at radius 3 is 2.69 bits per heavy atom. The Labute approximate surface area is 185 Å². The van der Waals surface area contributed by atoms with Gasteiger partial charge in [0, 0.05) is 45.3 Å². The van der Waals surface area contributed by atoms with E-state index < -0.39 is 65.7 Å². The lowest BCUT2D eigenvalue weighted by molar-refractivity contribution is -0.132. The van der Waals surface area contributed by atoms with E-state index in [2.05, 4.69) is 10.3 Å². The summed E-state index contributed by atoms with van der Waals surface area (Å²) in [6.45, 7) is -1.48. The summed E-state index contributed by atoms with van der Waals surface area (Å²) < 4.78 is 62.0. The van der Waals surface area contributed by atoms with Crippen molar-refractivity contribution in [2.75, 3.05) is 37.8 Å². The topological polar surface area (TPSA) is 99.7 Å². The standard InChI is InChI=1S/C20H23F3N4O4S.H2/c1-26(2)13-3-4-17-16(9-13)15(5-7-24-17)19(29)25-11-18(28)27-12-20(21,22)10-14(27)6-8-32(23,30)31;/h3-5,7,9,14H,6,8,10-12H2,1-2H3,(H,25,29);1H. The number of benzene rings is 1. The molecule has 1 aromatic heterocycles. The van der Waals surface area contributed by atoms with Crippen molar-refractivity contribution < 1.29 is 32.1 Å². The Bertz CT molecular complexity index is 1150. The number of nitrogens with zero attached hydrogens (tertiary/aromatic N) is 3. The van der Waals surface area contributed by atoms with E-state index in [1.165, 1.54) is 12.3 Å². The van der Waals surface area contributed by atoms with Crippen LogP contribution in [0.5, 0.6) is 0 Å². The number of fused-ring (bicyclic) bond motifs is 1. The minimum absolute atomic E-state index is 0. The fourth-order valence-electron chi connectivity index (χ4n) is 3.69. The number of carbonyl (C=O) groups excluding carboxylic acids is 2. The lowest BCUT2D eigenvalue weighted by Gasteiger charge is -2.23. The van der Waals surface area contributed by atoms with Crippen LogP contribution in [-0.2, 0) is 15.0 Å². The van der Waals surface area contributed by atoms with Crippen molar-refractivity contribution in [3.63, 3.8) is 0 Å². The van der Waals surface area contributed by atoms with Gasteiger partial charge in [-0.3, -0.25) is 14.6 Å². The largest absolute Gasteiger partial charge is 0.378 e. The highest BCUT2D eigenvalue weighted by molar-refractivity contribution is 7.86. The van der Waals surface area contributed by atoms with Crippen LogP contribution in [0, 0.1) is 0 Å². The molecule has 1 atom stereocenters. The van der Waals surface area contributed by atoms with E-state index >= 15 is 0 Å². The summed E-state index contributed by atoms with van der Waals surface area (Å²) >= 11 is 0. The van der Waals surface area contributed by atoms with Gasteiger partial charge in [0.2, 0.25) is 5.91 Å². The van der Waals surface area contributed by atoms with Gasteiger partial charge in [-0.05, 0) is 30.7 Å². The summed E-state index contributed by atoms with van der Waals surface area (Å²) in [6.07, 6.45) is 0.240. The van der Waals surface area contributed by atoms with Crippen molar-refractivity contribution in [1.82, 2.24) is 15.2 Å². The number of rotatable bonds is 7. The number of pyridine rings is 1. The Balaban J connectivity index is 0.00000385. The average molecular weight is 475 g/mol. The number of likely N-dealkylation sites (tertiary alicyclic amines) is 1. The number of carbonyl (C=O) groups is 2. The zero-order chi connectivity index (χ0) is 23.7. The molecule has 1 aliphatic rings. The van der Waals surface area contributed by atoms with Crippen LogP contribution in [0.1, 0.15) is 24.6 Å². The summed E-state index contributed by atoms with van der Waals surface area (Å²) in [5, 5.41) is 2.99. The highest BCUT2D eigenvalue weighted by Crippen LogP contribution is 2.33. The third-order valence-corrected chi connectivity index (χ3v) is 6.00. The molecular weight excluding hydrogens is 449 g/mol. The van der Waals surface area contributed by atoms with E-state index in [-0.39, 0.29) is 6.99 Å². The van der Waals surface area contributed by atoms with Gasteiger partial charge >= 0.3 is 10.2 Å². The molecule has 1 N–H and O–H groups in total. The van der Waals surface area contributed by atoms with Crippen molar-refractivity contribution in [1.29, 1.82) is 0 Å². The smallest absolute Gasteiger partial charge is 0.302 e. The van der Waals surface area contributed by atoms with Crippen LogP contribution in [-0.4, -0.2) is 75.0 Å². The van der Waals surface area contributed by atoms with E-state index in [1.54, 1.807) is 12.1 Å².